The Hall–Kier alpha value is -2.00. The van der Waals surface area contributed by atoms with Crippen molar-refractivity contribution in [1.29, 1.82) is 0 Å². The summed E-state index contributed by atoms with van der Waals surface area (Å²) in [6.07, 6.45) is 3.53. The van der Waals surface area contributed by atoms with Crippen molar-refractivity contribution in [3.8, 4) is 11.5 Å². The first-order valence-corrected chi connectivity index (χ1v) is 8.57. The van der Waals surface area contributed by atoms with E-state index in [2.05, 4.69) is 14.9 Å². The van der Waals surface area contributed by atoms with Crippen LogP contribution in [0.4, 0.5) is 10.1 Å². The Balaban J connectivity index is 1.94. The molecule has 3 N–H and O–H groups in total. The molecule has 0 unspecified atom stereocenters. The zero-order valence-corrected chi connectivity index (χ0v) is 12.7. The summed E-state index contributed by atoms with van der Waals surface area (Å²) >= 11 is 0. The first-order chi connectivity index (χ1) is 10.3. The number of halogens is 1. The van der Waals surface area contributed by atoms with Crippen molar-refractivity contribution in [2.75, 3.05) is 11.0 Å². The molecule has 118 valence electrons. The lowest BCUT2D eigenvalue weighted by atomic mass is 9.77. The Labute approximate surface area is 126 Å². The van der Waals surface area contributed by atoms with Crippen LogP contribution in [0.15, 0.2) is 22.7 Å². The van der Waals surface area contributed by atoms with Gasteiger partial charge in [-0.1, -0.05) is 5.16 Å². The van der Waals surface area contributed by atoms with E-state index in [4.69, 9.17) is 10.3 Å². The van der Waals surface area contributed by atoms with Crippen LogP contribution < -0.4 is 10.5 Å². The van der Waals surface area contributed by atoms with E-state index in [1.165, 1.54) is 12.1 Å². The zero-order chi connectivity index (χ0) is 16.0. The van der Waals surface area contributed by atoms with Gasteiger partial charge in [0, 0.05) is 5.56 Å². The molecular weight excluding hydrogens is 311 g/mol. The topological polar surface area (TPSA) is 111 Å². The number of nitrogens with zero attached hydrogens (tertiary/aromatic N) is 2. The van der Waals surface area contributed by atoms with E-state index in [0.717, 1.165) is 31.6 Å². The predicted octanol–water partition coefficient (Wildman–Crippen LogP) is 1.59. The molecule has 0 bridgehead atoms. The fourth-order valence-corrected chi connectivity index (χ4v) is 2.82. The van der Waals surface area contributed by atoms with Crippen LogP contribution in [0.25, 0.3) is 11.5 Å². The Morgan fingerprint density at radius 2 is 2.14 bits per heavy atom. The highest BCUT2D eigenvalue weighted by atomic mass is 32.2. The lowest BCUT2D eigenvalue weighted by Crippen LogP contribution is -2.44. The fourth-order valence-electron chi connectivity index (χ4n) is 2.26. The quantitative estimate of drug-likeness (QED) is 0.882. The number of hydrogen-bond acceptors (Lipinski definition) is 6. The number of anilines is 1. The van der Waals surface area contributed by atoms with Gasteiger partial charge in [0.25, 0.3) is 5.89 Å². The van der Waals surface area contributed by atoms with Crippen LogP contribution in [0.2, 0.25) is 0 Å². The van der Waals surface area contributed by atoms with Gasteiger partial charge in [-0.25, -0.2) is 12.8 Å². The first-order valence-electron chi connectivity index (χ1n) is 6.68. The zero-order valence-electron chi connectivity index (χ0n) is 11.8. The molecule has 0 radical (unpaired) electrons. The molecule has 0 aliphatic heterocycles. The highest BCUT2D eigenvalue weighted by Crippen LogP contribution is 2.37. The molecule has 2 aromatic rings. The lowest BCUT2D eigenvalue weighted by Gasteiger charge is -2.34. The van der Waals surface area contributed by atoms with Crippen molar-refractivity contribution in [3.05, 3.63) is 29.8 Å². The van der Waals surface area contributed by atoms with Crippen LogP contribution in [-0.4, -0.2) is 24.8 Å². The van der Waals surface area contributed by atoms with E-state index in [0.29, 0.717) is 11.4 Å². The summed E-state index contributed by atoms with van der Waals surface area (Å²) in [7, 11) is -3.59. The van der Waals surface area contributed by atoms with Gasteiger partial charge in [-0.3, -0.25) is 4.72 Å². The average molecular weight is 326 g/mol. The molecule has 3 rings (SSSR count). The molecule has 7 nitrogen and oxygen atoms in total. The predicted molar refractivity (Wildman–Crippen MR) is 77.9 cm³/mol. The van der Waals surface area contributed by atoms with Gasteiger partial charge in [0.1, 0.15) is 5.82 Å². The molecule has 0 amide bonds. The Kier molecular flexibility index (Phi) is 3.41. The molecule has 1 heterocycles. The minimum Gasteiger partial charge on any atom is -0.334 e. The van der Waals surface area contributed by atoms with Gasteiger partial charge in [-0.05, 0) is 37.5 Å². The van der Waals surface area contributed by atoms with E-state index in [1.807, 2.05) is 0 Å². The van der Waals surface area contributed by atoms with E-state index in [-0.39, 0.29) is 11.6 Å². The molecule has 1 aliphatic rings. The minimum absolute atomic E-state index is 0.170. The molecule has 1 aliphatic carbocycles. The molecule has 9 heteroatoms. The molecule has 1 fully saturated rings. The molecule has 1 aromatic heterocycles. The number of nitrogens with two attached hydrogens (primary N) is 1. The van der Waals surface area contributed by atoms with Crippen LogP contribution in [0, 0.1) is 5.82 Å². The van der Waals surface area contributed by atoms with Gasteiger partial charge in [0.2, 0.25) is 10.0 Å². The molecule has 22 heavy (non-hydrogen) atoms. The normalized spacial score (nSPS) is 17.0. The van der Waals surface area contributed by atoms with Crippen LogP contribution in [-0.2, 0) is 15.6 Å². The van der Waals surface area contributed by atoms with Crippen molar-refractivity contribution in [1.82, 2.24) is 10.1 Å². The number of benzene rings is 1. The molecule has 0 saturated heterocycles. The third-order valence-electron chi connectivity index (χ3n) is 3.63. The van der Waals surface area contributed by atoms with Gasteiger partial charge in [0.05, 0.1) is 17.5 Å². The molecule has 0 atom stereocenters. The smallest absolute Gasteiger partial charge is 0.258 e. The van der Waals surface area contributed by atoms with Crippen molar-refractivity contribution in [2.24, 2.45) is 5.73 Å². The molecule has 1 saturated carbocycles. The Bertz CT molecular complexity index is 814. The maximum absolute atomic E-state index is 13.7. The SMILES string of the molecule is CS(=O)(=O)Nc1cc(-c2nc(C3(N)CCC3)no2)ccc1F. The summed E-state index contributed by atoms with van der Waals surface area (Å²) in [6.45, 7) is 0. The van der Waals surface area contributed by atoms with E-state index < -0.39 is 21.4 Å². The third kappa shape index (κ3) is 2.81. The Morgan fingerprint density at radius 3 is 2.73 bits per heavy atom. The first kappa shape index (κ1) is 14.9. The van der Waals surface area contributed by atoms with Crippen molar-refractivity contribution >= 4 is 15.7 Å². The summed E-state index contributed by atoms with van der Waals surface area (Å²) in [5, 5.41) is 3.87. The van der Waals surface area contributed by atoms with Gasteiger partial charge >= 0.3 is 0 Å². The minimum atomic E-state index is -3.59. The largest absolute Gasteiger partial charge is 0.334 e. The maximum atomic E-state index is 13.7. The number of sulfonamides is 1. The molecular formula is C13H15FN4O3S. The van der Waals surface area contributed by atoms with Crippen LogP contribution in [0.1, 0.15) is 25.1 Å². The average Bonchev–Trinajstić information content (AvgIpc) is 2.87. The van der Waals surface area contributed by atoms with E-state index >= 15 is 0 Å². The summed E-state index contributed by atoms with van der Waals surface area (Å²) in [6, 6.07) is 3.87. The monoisotopic (exact) mass is 326 g/mol. The summed E-state index contributed by atoms with van der Waals surface area (Å²) in [5.74, 6) is -0.109. The van der Waals surface area contributed by atoms with Crippen LogP contribution in [0.3, 0.4) is 0 Å². The van der Waals surface area contributed by atoms with Crippen molar-refractivity contribution in [3.63, 3.8) is 0 Å². The Morgan fingerprint density at radius 1 is 1.41 bits per heavy atom. The van der Waals surface area contributed by atoms with E-state index in [9.17, 15) is 12.8 Å². The number of rotatable bonds is 4. The second kappa shape index (κ2) is 5.03. The number of hydrogen-bond donors (Lipinski definition) is 2. The van der Waals surface area contributed by atoms with Crippen molar-refractivity contribution in [2.45, 2.75) is 24.8 Å². The maximum Gasteiger partial charge on any atom is 0.258 e. The highest BCUT2D eigenvalue weighted by molar-refractivity contribution is 7.92. The van der Waals surface area contributed by atoms with Crippen LogP contribution in [0.5, 0.6) is 0 Å². The molecule has 1 aromatic carbocycles. The van der Waals surface area contributed by atoms with Crippen molar-refractivity contribution < 1.29 is 17.3 Å². The van der Waals surface area contributed by atoms with Gasteiger partial charge in [-0.2, -0.15) is 4.98 Å². The fraction of sp³-hybridized carbons (Fsp3) is 0.385. The van der Waals surface area contributed by atoms with Gasteiger partial charge in [-0.15, -0.1) is 0 Å². The number of aromatic nitrogens is 2. The summed E-state index contributed by atoms with van der Waals surface area (Å²) in [5.41, 5.74) is 5.79. The third-order valence-corrected chi connectivity index (χ3v) is 4.22. The van der Waals surface area contributed by atoms with Crippen LogP contribution >= 0.6 is 0 Å². The number of nitrogens with one attached hydrogen (secondary N) is 1. The summed E-state index contributed by atoms with van der Waals surface area (Å²) in [4.78, 5) is 4.24. The van der Waals surface area contributed by atoms with Gasteiger partial charge in [0.15, 0.2) is 5.82 Å². The second-order valence-corrected chi connectivity index (χ2v) is 7.25. The second-order valence-electron chi connectivity index (χ2n) is 5.50. The lowest BCUT2D eigenvalue weighted by molar-refractivity contribution is 0.229. The van der Waals surface area contributed by atoms with E-state index in [1.54, 1.807) is 0 Å². The standard InChI is InChI=1S/C13H15FN4O3S/c1-22(19,20)18-10-7-8(3-4-9(10)14)11-16-12(17-21-11)13(15)5-2-6-13/h3-4,7,18H,2,5-6,15H2,1H3. The summed E-state index contributed by atoms with van der Waals surface area (Å²) < 4.78 is 43.4. The highest BCUT2D eigenvalue weighted by Gasteiger charge is 2.39. The van der Waals surface area contributed by atoms with Gasteiger partial charge < -0.3 is 10.3 Å². The molecule has 0 spiro atoms.